The number of ether oxygens (including phenoxy) is 3. The molecule has 0 N–H and O–H groups in total. The molecule has 3 aromatic carbocycles. The van der Waals surface area contributed by atoms with Gasteiger partial charge in [0.2, 0.25) is 0 Å². The van der Waals surface area contributed by atoms with Crippen molar-refractivity contribution in [2.75, 3.05) is 0 Å². The molecule has 3 rings (SSSR count). The molecule has 0 aliphatic carbocycles. The van der Waals surface area contributed by atoms with Crippen LogP contribution in [-0.4, -0.2) is 18.0 Å². The van der Waals surface area contributed by atoms with E-state index in [-0.39, 0.29) is 18.0 Å². The van der Waals surface area contributed by atoms with Gasteiger partial charge >= 0.3 is 11.9 Å². The number of benzene rings is 3. The lowest BCUT2D eigenvalue weighted by Crippen LogP contribution is -2.17. The lowest BCUT2D eigenvalue weighted by molar-refractivity contribution is -0.138. The average Bonchev–Trinajstić information content (AvgIpc) is 2.92. The van der Waals surface area contributed by atoms with Gasteiger partial charge in [0.1, 0.15) is 17.2 Å². The minimum atomic E-state index is -0.474. The van der Waals surface area contributed by atoms with Crippen LogP contribution < -0.4 is 14.2 Å². The maximum absolute atomic E-state index is 12.5. The standard InChI is InChI=1S/C32H38O5/c1-5-7-8-9-10-24(4)35-28-17-11-25(12-18-28)26-13-19-30(20-14-26)37-32(34)27-15-21-29(22-16-27)36-31(33)23(3)6-2/h11-24H,5-10H2,1-4H3/t23-,24-/m0/s1. The van der Waals surface area contributed by atoms with Crippen molar-refractivity contribution in [1.82, 2.24) is 0 Å². The second-order valence-electron chi connectivity index (χ2n) is 9.47. The molecule has 0 spiro atoms. The molecule has 0 saturated carbocycles. The Balaban J connectivity index is 1.52. The summed E-state index contributed by atoms with van der Waals surface area (Å²) >= 11 is 0. The Labute approximate surface area is 220 Å². The van der Waals surface area contributed by atoms with Crippen molar-refractivity contribution in [1.29, 1.82) is 0 Å². The second-order valence-corrected chi connectivity index (χ2v) is 9.47. The van der Waals surface area contributed by atoms with Crippen LogP contribution in [0.3, 0.4) is 0 Å². The fourth-order valence-corrected chi connectivity index (χ4v) is 3.80. The van der Waals surface area contributed by atoms with Gasteiger partial charge in [-0.25, -0.2) is 4.79 Å². The molecule has 0 aromatic heterocycles. The highest BCUT2D eigenvalue weighted by molar-refractivity contribution is 5.91. The monoisotopic (exact) mass is 502 g/mol. The van der Waals surface area contributed by atoms with Crippen LogP contribution in [0.15, 0.2) is 72.8 Å². The van der Waals surface area contributed by atoms with Crippen LogP contribution in [0.4, 0.5) is 0 Å². The van der Waals surface area contributed by atoms with E-state index >= 15 is 0 Å². The van der Waals surface area contributed by atoms with E-state index in [9.17, 15) is 9.59 Å². The molecule has 0 saturated heterocycles. The highest BCUT2D eigenvalue weighted by Crippen LogP contribution is 2.26. The Morgan fingerprint density at radius 3 is 1.78 bits per heavy atom. The zero-order valence-electron chi connectivity index (χ0n) is 22.4. The van der Waals surface area contributed by atoms with Gasteiger partial charge in [0, 0.05) is 0 Å². The molecule has 5 heteroatoms. The molecule has 0 radical (unpaired) electrons. The molecule has 196 valence electrons. The largest absolute Gasteiger partial charge is 0.491 e. The molecule has 3 aromatic rings. The first-order valence-corrected chi connectivity index (χ1v) is 13.3. The molecular formula is C32H38O5. The predicted octanol–water partition coefficient (Wildman–Crippen LogP) is 8.26. The Hall–Kier alpha value is -3.60. The van der Waals surface area contributed by atoms with Crippen molar-refractivity contribution in [3.63, 3.8) is 0 Å². The lowest BCUT2D eigenvalue weighted by atomic mass is 10.1. The van der Waals surface area contributed by atoms with Crippen molar-refractivity contribution in [2.24, 2.45) is 5.92 Å². The molecule has 0 aliphatic heterocycles. The zero-order chi connectivity index (χ0) is 26.6. The summed E-state index contributed by atoms with van der Waals surface area (Å²) < 4.78 is 16.9. The normalized spacial score (nSPS) is 12.4. The van der Waals surface area contributed by atoms with E-state index in [0.29, 0.717) is 23.5 Å². The van der Waals surface area contributed by atoms with E-state index in [2.05, 4.69) is 13.8 Å². The third-order valence-corrected chi connectivity index (χ3v) is 6.38. The number of carbonyl (C=O) groups is 2. The van der Waals surface area contributed by atoms with Crippen LogP contribution >= 0.6 is 0 Å². The highest BCUT2D eigenvalue weighted by Gasteiger charge is 2.14. The molecular weight excluding hydrogens is 464 g/mol. The number of unbranched alkanes of at least 4 members (excludes halogenated alkanes) is 3. The van der Waals surface area contributed by atoms with Crippen LogP contribution in [0, 0.1) is 5.92 Å². The fraction of sp³-hybridized carbons (Fsp3) is 0.375. The van der Waals surface area contributed by atoms with Crippen molar-refractivity contribution in [3.05, 3.63) is 78.4 Å². The molecule has 0 unspecified atom stereocenters. The first kappa shape index (κ1) is 28.0. The van der Waals surface area contributed by atoms with E-state index in [4.69, 9.17) is 14.2 Å². The Morgan fingerprint density at radius 1 is 0.676 bits per heavy atom. The molecule has 0 fully saturated rings. The van der Waals surface area contributed by atoms with Crippen LogP contribution in [-0.2, 0) is 4.79 Å². The van der Waals surface area contributed by atoms with Gasteiger partial charge in [0.25, 0.3) is 0 Å². The van der Waals surface area contributed by atoms with Crippen LogP contribution in [0.5, 0.6) is 17.2 Å². The van der Waals surface area contributed by atoms with Gasteiger partial charge in [0.15, 0.2) is 0 Å². The molecule has 37 heavy (non-hydrogen) atoms. The summed E-state index contributed by atoms with van der Waals surface area (Å²) in [7, 11) is 0. The highest BCUT2D eigenvalue weighted by atomic mass is 16.5. The molecule has 0 bridgehead atoms. The Morgan fingerprint density at radius 2 is 1.22 bits per heavy atom. The maximum Gasteiger partial charge on any atom is 0.343 e. The van der Waals surface area contributed by atoms with Crippen molar-refractivity contribution in [3.8, 4) is 28.4 Å². The van der Waals surface area contributed by atoms with Gasteiger partial charge in [-0.2, -0.15) is 0 Å². The number of carbonyl (C=O) groups excluding carboxylic acids is 2. The van der Waals surface area contributed by atoms with Gasteiger partial charge in [0.05, 0.1) is 17.6 Å². The topological polar surface area (TPSA) is 61.8 Å². The number of esters is 2. The smallest absolute Gasteiger partial charge is 0.343 e. The predicted molar refractivity (Wildman–Crippen MR) is 147 cm³/mol. The van der Waals surface area contributed by atoms with Gasteiger partial charge in [-0.15, -0.1) is 0 Å². The first-order chi connectivity index (χ1) is 17.9. The summed E-state index contributed by atoms with van der Waals surface area (Å²) in [5.74, 6) is 0.804. The quantitative estimate of drug-likeness (QED) is 0.134. The van der Waals surface area contributed by atoms with E-state index < -0.39 is 5.97 Å². The second kappa shape index (κ2) is 14.2. The minimum Gasteiger partial charge on any atom is -0.491 e. The molecule has 2 atom stereocenters. The summed E-state index contributed by atoms with van der Waals surface area (Å²) in [6, 6.07) is 21.8. The Bertz CT molecular complexity index is 1120. The first-order valence-electron chi connectivity index (χ1n) is 13.3. The maximum atomic E-state index is 12.5. The van der Waals surface area contributed by atoms with E-state index in [1.807, 2.05) is 50.2 Å². The summed E-state index contributed by atoms with van der Waals surface area (Å²) in [6.45, 7) is 8.09. The van der Waals surface area contributed by atoms with Crippen molar-refractivity contribution >= 4 is 11.9 Å². The third kappa shape index (κ3) is 8.78. The van der Waals surface area contributed by atoms with Crippen LogP contribution in [0.2, 0.25) is 0 Å². The summed E-state index contributed by atoms with van der Waals surface area (Å²) in [4.78, 5) is 24.5. The van der Waals surface area contributed by atoms with Crippen molar-refractivity contribution < 1.29 is 23.8 Å². The van der Waals surface area contributed by atoms with E-state index in [1.165, 1.54) is 25.7 Å². The van der Waals surface area contributed by atoms with Crippen LogP contribution in [0.1, 0.15) is 76.6 Å². The van der Waals surface area contributed by atoms with Gasteiger partial charge in [-0.05, 0) is 85.8 Å². The fourth-order valence-electron chi connectivity index (χ4n) is 3.80. The zero-order valence-corrected chi connectivity index (χ0v) is 22.4. The van der Waals surface area contributed by atoms with E-state index in [1.54, 1.807) is 36.4 Å². The third-order valence-electron chi connectivity index (χ3n) is 6.38. The van der Waals surface area contributed by atoms with Gasteiger partial charge < -0.3 is 14.2 Å². The summed E-state index contributed by atoms with van der Waals surface area (Å²) in [5, 5.41) is 0. The number of rotatable bonds is 13. The average molecular weight is 503 g/mol. The van der Waals surface area contributed by atoms with Gasteiger partial charge in [-0.3, -0.25) is 4.79 Å². The molecule has 0 amide bonds. The van der Waals surface area contributed by atoms with E-state index in [0.717, 1.165) is 23.3 Å². The summed E-state index contributed by atoms with van der Waals surface area (Å²) in [6.07, 6.45) is 6.96. The molecule has 0 heterocycles. The Kier molecular flexibility index (Phi) is 10.8. The minimum absolute atomic E-state index is 0.173. The SMILES string of the molecule is CCCCCC[C@H](C)Oc1ccc(-c2ccc(OC(=O)c3ccc(OC(=O)[C@@H](C)CC)cc3)cc2)cc1. The number of hydrogen-bond donors (Lipinski definition) is 0. The lowest BCUT2D eigenvalue weighted by Gasteiger charge is -2.15. The summed E-state index contributed by atoms with van der Waals surface area (Å²) in [5.41, 5.74) is 2.46. The van der Waals surface area contributed by atoms with Crippen molar-refractivity contribution in [2.45, 2.75) is 72.3 Å². The molecule has 5 nitrogen and oxygen atoms in total. The number of hydrogen-bond acceptors (Lipinski definition) is 5. The van der Waals surface area contributed by atoms with Gasteiger partial charge in [-0.1, -0.05) is 64.3 Å². The van der Waals surface area contributed by atoms with Crippen LogP contribution in [0.25, 0.3) is 11.1 Å². The molecule has 0 aliphatic rings.